The van der Waals surface area contributed by atoms with Gasteiger partial charge in [-0.2, -0.15) is 0 Å². The SMILES string of the molecule is Cc1cc(C(=O)NCc2ccccc2Cn2ccnc2)c(C)n1Cc1ccco1. The van der Waals surface area contributed by atoms with E-state index < -0.39 is 0 Å². The molecule has 0 spiro atoms. The molecular weight excluding hydrogens is 364 g/mol. The Labute approximate surface area is 169 Å². The number of hydrogen-bond acceptors (Lipinski definition) is 3. The lowest BCUT2D eigenvalue weighted by atomic mass is 10.1. The number of carbonyl (C=O) groups excluding carboxylic acids is 1. The van der Waals surface area contributed by atoms with Gasteiger partial charge < -0.3 is 18.9 Å². The molecule has 1 amide bonds. The van der Waals surface area contributed by atoms with Crippen molar-refractivity contribution in [3.8, 4) is 0 Å². The van der Waals surface area contributed by atoms with Gasteiger partial charge in [0, 0.05) is 36.9 Å². The number of imidazole rings is 1. The lowest BCUT2D eigenvalue weighted by Crippen LogP contribution is -2.24. The summed E-state index contributed by atoms with van der Waals surface area (Å²) < 4.78 is 9.57. The molecule has 4 aromatic rings. The number of carbonyl (C=O) groups is 1. The second kappa shape index (κ2) is 8.22. The summed E-state index contributed by atoms with van der Waals surface area (Å²) >= 11 is 0. The van der Waals surface area contributed by atoms with Gasteiger partial charge in [0.25, 0.3) is 5.91 Å². The van der Waals surface area contributed by atoms with Crippen molar-refractivity contribution in [3.63, 3.8) is 0 Å². The molecule has 0 saturated carbocycles. The minimum atomic E-state index is -0.0683. The van der Waals surface area contributed by atoms with Crippen molar-refractivity contribution in [2.24, 2.45) is 0 Å². The fraction of sp³-hybridized carbons (Fsp3) is 0.217. The molecule has 0 aliphatic heterocycles. The molecule has 0 bridgehead atoms. The Morgan fingerprint density at radius 1 is 1.10 bits per heavy atom. The first kappa shape index (κ1) is 18.8. The smallest absolute Gasteiger partial charge is 0.253 e. The zero-order valence-electron chi connectivity index (χ0n) is 16.6. The van der Waals surface area contributed by atoms with E-state index in [0.29, 0.717) is 18.7 Å². The topological polar surface area (TPSA) is 65.0 Å². The Morgan fingerprint density at radius 3 is 2.66 bits per heavy atom. The van der Waals surface area contributed by atoms with Crippen molar-refractivity contribution in [1.29, 1.82) is 0 Å². The van der Waals surface area contributed by atoms with Gasteiger partial charge in [0.15, 0.2) is 0 Å². The molecule has 0 aliphatic rings. The molecule has 6 heteroatoms. The quantitative estimate of drug-likeness (QED) is 0.522. The normalized spacial score (nSPS) is 11.0. The van der Waals surface area contributed by atoms with Crippen LogP contribution in [0.25, 0.3) is 0 Å². The highest BCUT2D eigenvalue weighted by Gasteiger charge is 2.16. The maximum absolute atomic E-state index is 12.9. The molecule has 0 atom stereocenters. The second-order valence-corrected chi connectivity index (χ2v) is 7.14. The maximum Gasteiger partial charge on any atom is 0.253 e. The zero-order chi connectivity index (χ0) is 20.2. The summed E-state index contributed by atoms with van der Waals surface area (Å²) in [5.41, 5.74) is 4.92. The number of furan rings is 1. The Hall–Kier alpha value is -3.54. The van der Waals surface area contributed by atoms with Crippen LogP contribution in [0.3, 0.4) is 0 Å². The van der Waals surface area contributed by atoms with E-state index >= 15 is 0 Å². The third kappa shape index (κ3) is 4.16. The summed E-state index contributed by atoms with van der Waals surface area (Å²) in [4.78, 5) is 17.0. The molecule has 148 valence electrons. The fourth-order valence-electron chi connectivity index (χ4n) is 3.56. The van der Waals surface area contributed by atoms with E-state index in [0.717, 1.165) is 34.8 Å². The number of aryl methyl sites for hydroxylation is 1. The van der Waals surface area contributed by atoms with Crippen LogP contribution in [-0.2, 0) is 19.6 Å². The molecule has 0 fully saturated rings. The van der Waals surface area contributed by atoms with Crippen LogP contribution >= 0.6 is 0 Å². The summed E-state index contributed by atoms with van der Waals surface area (Å²) in [6, 6.07) is 13.9. The molecule has 1 aromatic carbocycles. The molecule has 29 heavy (non-hydrogen) atoms. The summed E-state index contributed by atoms with van der Waals surface area (Å²) in [6.07, 6.45) is 7.16. The zero-order valence-corrected chi connectivity index (χ0v) is 16.6. The van der Waals surface area contributed by atoms with Crippen LogP contribution in [0, 0.1) is 13.8 Å². The first-order valence-electron chi connectivity index (χ1n) is 9.61. The number of rotatable bonds is 7. The standard InChI is InChI=1S/C23H24N4O2/c1-17-12-22(18(2)27(17)15-21-8-5-11-29-21)23(28)25-13-19-6-3-4-7-20(19)14-26-10-9-24-16-26/h3-12,16H,13-15H2,1-2H3,(H,25,28). The minimum Gasteiger partial charge on any atom is -0.467 e. The number of nitrogens with zero attached hydrogens (tertiary/aromatic N) is 3. The van der Waals surface area contributed by atoms with Crippen molar-refractivity contribution in [2.45, 2.75) is 33.5 Å². The van der Waals surface area contributed by atoms with E-state index in [1.54, 1.807) is 18.8 Å². The van der Waals surface area contributed by atoms with Gasteiger partial charge in [-0.15, -0.1) is 0 Å². The van der Waals surface area contributed by atoms with E-state index in [-0.39, 0.29) is 5.91 Å². The van der Waals surface area contributed by atoms with Gasteiger partial charge in [-0.3, -0.25) is 4.79 Å². The van der Waals surface area contributed by atoms with Crippen LogP contribution in [0.2, 0.25) is 0 Å². The third-order valence-electron chi connectivity index (χ3n) is 5.18. The second-order valence-electron chi connectivity index (χ2n) is 7.14. The molecule has 0 radical (unpaired) electrons. The van der Waals surface area contributed by atoms with Crippen LogP contribution in [0.4, 0.5) is 0 Å². The van der Waals surface area contributed by atoms with Crippen LogP contribution in [-0.4, -0.2) is 20.0 Å². The minimum absolute atomic E-state index is 0.0683. The first-order chi connectivity index (χ1) is 14.1. The number of benzene rings is 1. The lowest BCUT2D eigenvalue weighted by Gasteiger charge is -2.12. The van der Waals surface area contributed by atoms with Gasteiger partial charge in [-0.25, -0.2) is 4.98 Å². The van der Waals surface area contributed by atoms with Crippen molar-refractivity contribution in [3.05, 3.63) is 101 Å². The molecule has 1 N–H and O–H groups in total. The average molecular weight is 388 g/mol. The Kier molecular flexibility index (Phi) is 5.33. The van der Waals surface area contributed by atoms with Gasteiger partial charge >= 0.3 is 0 Å². The van der Waals surface area contributed by atoms with E-state index in [4.69, 9.17) is 4.42 Å². The van der Waals surface area contributed by atoms with E-state index in [2.05, 4.69) is 20.9 Å². The number of hydrogen-bond donors (Lipinski definition) is 1. The van der Waals surface area contributed by atoms with Crippen LogP contribution in [0.5, 0.6) is 0 Å². The van der Waals surface area contributed by atoms with E-state index in [9.17, 15) is 4.79 Å². The largest absolute Gasteiger partial charge is 0.467 e. The first-order valence-corrected chi connectivity index (χ1v) is 9.61. The highest BCUT2D eigenvalue weighted by Crippen LogP contribution is 2.18. The van der Waals surface area contributed by atoms with Gasteiger partial charge in [0.1, 0.15) is 5.76 Å². The van der Waals surface area contributed by atoms with Crippen molar-refractivity contribution in [1.82, 2.24) is 19.4 Å². The van der Waals surface area contributed by atoms with Crippen LogP contribution in [0.1, 0.15) is 38.6 Å². The summed E-state index contributed by atoms with van der Waals surface area (Å²) in [5, 5.41) is 3.07. The molecule has 4 rings (SSSR count). The fourth-order valence-corrected chi connectivity index (χ4v) is 3.56. The predicted octanol–water partition coefficient (Wildman–Crippen LogP) is 3.92. The number of nitrogens with one attached hydrogen (secondary N) is 1. The molecular formula is C23H24N4O2. The summed E-state index contributed by atoms with van der Waals surface area (Å²) in [6.45, 7) is 5.80. The van der Waals surface area contributed by atoms with E-state index in [1.807, 2.05) is 61.0 Å². The average Bonchev–Trinajstić information content (AvgIpc) is 3.47. The highest BCUT2D eigenvalue weighted by atomic mass is 16.3. The third-order valence-corrected chi connectivity index (χ3v) is 5.18. The van der Waals surface area contributed by atoms with Gasteiger partial charge in [0.2, 0.25) is 0 Å². The van der Waals surface area contributed by atoms with Gasteiger partial charge in [-0.1, -0.05) is 24.3 Å². The predicted molar refractivity (Wildman–Crippen MR) is 111 cm³/mol. The molecule has 0 unspecified atom stereocenters. The molecule has 3 heterocycles. The van der Waals surface area contributed by atoms with Crippen LogP contribution in [0.15, 0.2) is 71.9 Å². The number of amides is 1. The van der Waals surface area contributed by atoms with Gasteiger partial charge in [-0.05, 0) is 43.2 Å². The molecule has 6 nitrogen and oxygen atoms in total. The van der Waals surface area contributed by atoms with Crippen molar-refractivity contribution in [2.75, 3.05) is 0 Å². The number of aromatic nitrogens is 3. The Balaban J connectivity index is 1.47. The van der Waals surface area contributed by atoms with E-state index in [1.165, 1.54) is 0 Å². The van der Waals surface area contributed by atoms with Crippen LogP contribution < -0.4 is 5.32 Å². The molecule has 0 saturated heterocycles. The maximum atomic E-state index is 12.9. The Bertz CT molecular complexity index is 1090. The Morgan fingerprint density at radius 2 is 1.93 bits per heavy atom. The van der Waals surface area contributed by atoms with Crippen molar-refractivity contribution < 1.29 is 9.21 Å². The highest BCUT2D eigenvalue weighted by molar-refractivity contribution is 5.95. The van der Waals surface area contributed by atoms with Gasteiger partial charge in [0.05, 0.1) is 24.7 Å². The monoisotopic (exact) mass is 388 g/mol. The summed E-state index contributed by atoms with van der Waals surface area (Å²) in [5.74, 6) is 0.799. The molecule has 3 aromatic heterocycles. The molecule has 0 aliphatic carbocycles. The summed E-state index contributed by atoms with van der Waals surface area (Å²) in [7, 11) is 0. The lowest BCUT2D eigenvalue weighted by molar-refractivity contribution is 0.0950. The van der Waals surface area contributed by atoms with Crippen molar-refractivity contribution >= 4 is 5.91 Å².